The normalized spacial score (nSPS) is 14.0. The molecular formula is C36H44N4O4. The van der Waals surface area contributed by atoms with Gasteiger partial charge in [-0.25, -0.2) is 4.79 Å². The Morgan fingerprint density at radius 1 is 1.05 bits per heavy atom. The number of ether oxygens (including phenoxy) is 1. The lowest BCUT2D eigenvalue weighted by Gasteiger charge is -2.23. The van der Waals surface area contributed by atoms with Crippen molar-refractivity contribution in [2.24, 2.45) is 0 Å². The van der Waals surface area contributed by atoms with E-state index < -0.39 is 6.04 Å². The molecule has 0 aliphatic heterocycles. The summed E-state index contributed by atoms with van der Waals surface area (Å²) in [6, 6.07) is 21.1. The Hall–Kier alpha value is -4.30. The number of anilines is 1. The summed E-state index contributed by atoms with van der Waals surface area (Å²) < 4.78 is 6.36. The minimum atomic E-state index is -0.415. The fraction of sp³-hybridized carbons (Fsp3) is 0.389. The largest absolute Gasteiger partial charge is 0.490 e. The van der Waals surface area contributed by atoms with E-state index in [1.165, 1.54) is 0 Å². The molecule has 1 fully saturated rings. The van der Waals surface area contributed by atoms with Crippen molar-refractivity contribution in [3.05, 3.63) is 84.1 Å². The SMILES string of the molecule is CCCCN(C(=O)NC)c1cccc(-c2ccc(OC3CCCC3)c(C(=O)N[C@@H](CO)CCc3c[nH]c4ccccc34)c2)c1. The number of H-pyrrole nitrogens is 1. The monoisotopic (exact) mass is 596 g/mol. The van der Waals surface area contributed by atoms with Gasteiger partial charge in [0, 0.05) is 36.4 Å². The molecule has 5 rings (SSSR count). The summed E-state index contributed by atoms with van der Waals surface area (Å²) in [5.41, 5.74) is 5.22. The molecule has 232 valence electrons. The summed E-state index contributed by atoms with van der Waals surface area (Å²) in [5.74, 6) is 0.279. The molecule has 4 aromatic rings. The number of nitrogens with one attached hydrogen (secondary N) is 3. The number of aliphatic hydroxyl groups excluding tert-OH is 1. The number of carbonyl (C=O) groups excluding carboxylic acids is 2. The van der Waals surface area contributed by atoms with E-state index in [0.717, 1.165) is 71.8 Å². The number of amides is 3. The second-order valence-corrected chi connectivity index (χ2v) is 11.6. The number of unbranched alkanes of at least 4 members (excludes halogenated alkanes) is 1. The number of benzene rings is 3. The van der Waals surface area contributed by atoms with Crippen molar-refractivity contribution in [2.45, 2.75) is 70.4 Å². The van der Waals surface area contributed by atoms with Crippen LogP contribution in [-0.2, 0) is 6.42 Å². The Labute approximate surface area is 259 Å². The third kappa shape index (κ3) is 7.42. The van der Waals surface area contributed by atoms with E-state index in [2.05, 4.69) is 28.6 Å². The maximum atomic E-state index is 13.8. The fourth-order valence-electron chi connectivity index (χ4n) is 5.97. The van der Waals surface area contributed by atoms with E-state index in [-0.39, 0.29) is 24.6 Å². The van der Waals surface area contributed by atoms with Gasteiger partial charge in [0.1, 0.15) is 5.75 Å². The Bertz CT molecular complexity index is 1560. The van der Waals surface area contributed by atoms with Crippen LogP contribution in [0.2, 0.25) is 0 Å². The highest BCUT2D eigenvalue weighted by Crippen LogP contribution is 2.32. The van der Waals surface area contributed by atoms with E-state index >= 15 is 0 Å². The highest BCUT2D eigenvalue weighted by molar-refractivity contribution is 5.99. The van der Waals surface area contributed by atoms with Crippen LogP contribution in [0.25, 0.3) is 22.0 Å². The maximum absolute atomic E-state index is 13.8. The molecular weight excluding hydrogens is 552 g/mol. The van der Waals surface area contributed by atoms with Gasteiger partial charge in [-0.1, -0.05) is 49.7 Å². The minimum Gasteiger partial charge on any atom is -0.490 e. The van der Waals surface area contributed by atoms with Gasteiger partial charge in [0.15, 0.2) is 0 Å². The highest BCUT2D eigenvalue weighted by Gasteiger charge is 2.23. The van der Waals surface area contributed by atoms with Crippen LogP contribution < -0.4 is 20.3 Å². The molecule has 1 heterocycles. The van der Waals surface area contributed by atoms with Crippen molar-refractivity contribution in [3.63, 3.8) is 0 Å². The van der Waals surface area contributed by atoms with Gasteiger partial charge in [-0.05, 0) is 92.0 Å². The summed E-state index contributed by atoms with van der Waals surface area (Å²) in [4.78, 5) is 31.5. The highest BCUT2D eigenvalue weighted by atomic mass is 16.5. The molecule has 1 saturated carbocycles. The van der Waals surface area contributed by atoms with Gasteiger partial charge >= 0.3 is 6.03 Å². The van der Waals surface area contributed by atoms with Gasteiger partial charge in [-0.3, -0.25) is 9.69 Å². The van der Waals surface area contributed by atoms with E-state index in [4.69, 9.17) is 4.74 Å². The second-order valence-electron chi connectivity index (χ2n) is 11.6. The molecule has 0 unspecified atom stereocenters. The Kier molecular flexibility index (Phi) is 10.6. The van der Waals surface area contributed by atoms with Crippen molar-refractivity contribution in [1.82, 2.24) is 15.6 Å². The molecule has 8 nitrogen and oxygen atoms in total. The van der Waals surface area contributed by atoms with Crippen LogP contribution in [0.5, 0.6) is 5.75 Å². The van der Waals surface area contributed by atoms with Crippen LogP contribution in [0, 0.1) is 0 Å². The summed E-state index contributed by atoms with van der Waals surface area (Å²) in [7, 11) is 1.64. The molecule has 8 heteroatoms. The predicted molar refractivity (Wildman–Crippen MR) is 176 cm³/mol. The summed E-state index contributed by atoms with van der Waals surface area (Å²) in [5, 5.41) is 17.2. The third-order valence-corrected chi connectivity index (χ3v) is 8.50. The molecule has 1 aliphatic carbocycles. The number of aromatic amines is 1. The lowest BCUT2D eigenvalue weighted by molar-refractivity contribution is 0.0906. The average molecular weight is 597 g/mol. The predicted octanol–water partition coefficient (Wildman–Crippen LogP) is 6.83. The Balaban J connectivity index is 1.39. The van der Waals surface area contributed by atoms with Crippen molar-refractivity contribution in [1.29, 1.82) is 0 Å². The fourth-order valence-corrected chi connectivity index (χ4v) is 5.97. The zero-order chi connectivity index (χ0) is 30.9. The number of para-hydroxylation sites is 1. The topological polar surface area (TPSA) is 107 Å². The van der Waals surface area contributed by atoms with Gasteiger partial charge in [0.25, 0.3) is 5.91 Å². The summed E-state index contributed by atoms with van der Waals surface area (Å²) in [6.45, 7) is 2.55. The molecule has 0 spiro atoms. The molecule has 0 saturated heterocycles. The minimum absolute atomic E-state index is 0.0888. The summed E-state index contributed by atoms with van der Waals surface area (Å²) in [6.07, 6.45) is 9.46. The zero-order valence-electron chi connectivity index (χ0n) is 25.8. The number of aliphatic hydroxyl groups is 1. The van der Waals surface area contributed by atoms with Crippen molar-refractivity contribution in [2.75, 3.05) is 25.1 Å². The number of aryl methyl sites for hydroxylation is 1. The molecule has 1 atom stereocenters. The van der Waals surface area contributed by atoms with Gasteiger partial charge < -0.3 is 25.5 Å². The standard InChI is InChI=1S/C36H44N4O4/c1-3-4-20-40(36(43)37-2)29-11-9-10-25(21-29)26-17-19-34(44-30-12-5-6-13-30)32(22-26)35(42)39-28(24-41)18-16-27-23-38-33-15-8-7-14-31(27)33/h7-11,14-15,17,19,21-23,28,30,38,41H,3-6,12-13,16,18,20,24H2,1-2H3,(H,37,43)(H,39,42)/t28-/m1/s1. The number of urea groups is 1. The number of nitrogens with zero attached hydrogens (tertiary/aromatic N) is 1. The van der Waals surface area contributed by atoms with Gasteiger partial charge in [-0.15, -0.1) is 0 Å². The number of carbonyl (C=O) groups is 2. The molecule has 0 radical (unpaired) electrons. The van der Waals surface area contributed by atoms with Crippen molar-refractivity contribution in [3.8, 4) is 16.9 Å². The summed E-state index contributed by atoms with van der Waals surface area (Å²) >= 11 is 0. The Morgan fingerprint density at radius 2 is 1.84 bits per heavy atom. The Morgan fingerprint density at radius 3 is 2.61 bits per heavy atom. The van der Waals surface area contributed by atoms with Crippen LogP contribution in [0.3, 0.4) is 0 Å². The number of aromatic nitrogens is 1. The lowest BCUT2D eigenvalue weighted by Crippen LogP contribution is -2.38. The first-order valence-electron chi connectivity index (χ1n) is 15.9. The average Bonchev–Trinajstić information content (AvgIpc) is 3.73. The molecule has 3 aromatic carbocycles. The number of rotatable bonds is 13. The molecule has 0 bridgehead atoms. The number of hydrogen-bond acceptors (Lipinski definition) is 4. The van der Waals surface area contributed by atoms with Crippen molar-refractivity contribution < 1.29 is 19.4 Å². The number of hydrogen-bond donors (Lipinski definition) is 4. The lowest BCUT2D eigenvalue weighted by atomic mass is 10.00. The van der Waals surface area contributed by atoms with E-state index in [1.54, 1.807) is 11.9 Å². The van der Waals surface area contributed by atoms with E-state index in [9.17, 15) is 14.7 Å². The van der Waals surface area contributed by atoms with E-state index in [1.807, 2.05) is 66.9 Å². The van der Waals surface area contributed by atoms with Gasteiger partial charge in [-0.2, -0.15) is 0 Å². The van der Waals surface area contributed by atoms with Gasteiger partial charge in [0.05, 0.1) is 24.3 Å². The first-order valence-corrected chi connectivity index (χ1v) is 15.9. The third-order valence-electron chi connectivity index (χ3n) is 8.50. The molecule has 4 N–H and O–H groups in total. The molecule has 3 amide bonds. The van der Waals surface area contributed by atoms with E-state index in [0.29, 0.717) is 30.7 Å². The zero-order valence-corrected chi connectivity index (χ0v) is 25.8. The second kappa shape index (κ2) is 14.9. The maximum Gasteiger partial charge on any atom is 0.321 e. The first-order chi connectivity index (χ1) is 21.5. The molecule has 1 aliphatic rings. The van der Waals surface area contributed by atoms with Crippen LogP contribution in [0.1, 0.15) is 67.8 Å². The first kappa shape index (κ1) is 31.1. The van der Waals surface area contributed by atoms with Crippen LogP contribution in [0.15, 0.2) is 72.9 Å². The molecule has 44 heavy (non-hydrogen) atoms. The van der Waals surface area contributed by atoms with Crippen molar-refractivity contribution >= 4 is 28.5 Å². The van der Waals surface area contributed by atoms with Gasteiger partial charge in [0.2, 0.25) is 0 Å². The van der Waals surface area contributed by atoms with Crippen LogP contribution >= 0.6 is 0 Å². The number of fused-ring (bicyclic) bond motifs is 1. The quantitative estimate of drug-likeness (QED) is 0.136. The van der Waals surface area contributed by atoms with Crippen LogP contribution in [0.4, 0.5) is 10.5 Å². The van der Waals surface area contributed by atoms with Crippen LogP contribution in [-0.4, -0.2) is 54.4 Å². The molecule has 1 aromatic heterocycles. The smallest absolute Gasteiger partial charge is 0.321 e.